The molecule has 0 aromatic heterocycles. The fourth-order valence-corrected chi connectivity index (χ4v) is 2.85. The van der Waals surface area contributed by atoms with Crippen LogP contribution in [0.4, 0.5) is 0 Å². The second-order valence-electron chi connectivity index (χ2n) is 3.26. The Morgan fingerprint density at radius 3 is 2.36 bits per heavy atom. The van der Waals surface area contributed by atoms with E-state index in [4.69, 9.17) is 0 Å². The van der Waals surface area contributed by atoms with Crippen molar-refractivity contribution >= 4 is 10.3 Å². The van der Waals surface area contributed by atoms with E-state index in [1.807, 2.05) is 0 Å². The Labute approximate surface area is 66.2 Å². The first-order chi connectivity index (χ1) is 5.12. The summed E-state index contributed by atoms with van der Waals surface area (Å²) in [7, 11) is -3.40. The Bertz CT molecular complexity index is 255. The van der Waals surface area contributed by atoms with Crippen LogP contribution in [0.3, 0.4) is 0 Å². The van der Waals surface area contributed by atoms with Crippen molar-refractivity contribution < 1.29 is 12.6 Å². The van der Waals surface area contributed by atoms with Crippen LogP contribution in [0.25, 0.3) is 0 Å². The Hall–Kier alpha value is -0.130. The first kappa shape index (κ1) is 7.52. The molecule has 5 heteroatoms. The lowest BCUT2D eigenvalue weighted by Crippen LogP contribution is -2.57. The van der Waals surface area contributed by atoms with Crippen molar-refractivity contribution in [1.29, 1.82) is 0 Å². The molecule has 0 aromatic rings. The molecule has 1 spiro atoms. The predicted octanol–water partition coefficient (Wildman–Crippen LogP) is 0.164. The molecule has 1 saturated heterocycles. The van der Waals surface area contributed by atoms with Gasteiger partial charge in [-0.2, -0.15) is 13.1 Å². The quantitative estimate of drug-likeness (QED) is 0.573. The van der Waals surface area contributed by atoms with Gasteiger partial charge in [-0.05, 0) is 25.7 Å². The summed E-state index contributed by atoms with van der Waals surface area (Å²) >= 11 is 0. The van der Waals surface area contributed by atoms with Crippen molar-refractivity contribution in [3.05, 3.63) is 0 Å². The highest BCUT2D eigenvalue weighted by Gasteiger charge is 2.43. The molecular weight excluding hydrogens is 166 g/mol. The van der Waals surface area contributed by atoms with Crippen molar-refractivity contribution in [3.8, 4) is 0 Å². The molecule has 64 valence electrons. The molecule has 0 radical (unpaired) electrons. The molecule has 0 aromatic carbocycles. The third kappa shape index (κ3) is 1.28. The maximum atomic E-state index is 10.9. The minimum Gasteiger partial charge on any atom is -0.258 e. The lowest BCUT2D eigenvalue weighted by atomic mass is 9.75. The van der Waals surface area contributed by atoms with Gasteiger partial charge in [0.2, 0.25) is 0 Å². The van der Waals surface area contributed by atoms with Crippen LogP contribution in [-0.4, -0.2) is 20.6 Å². The molecule has 1 aliphatic carbocycles. The minimum absolute atomic E-state index is 0.128. The molecule has 11 heavy (non-hydrogen) atoms. The Morgan fingerprint density at radius 1 is 1.27 bits per heavy atom. The number of nitrogens with one attached hydrogen (secondary N) is 1. The van der Waals surface area contributed by atoms with E-state index in [9.17, 15) is 8.42 Å². The molecule has 1 N–H and O–H groups in total. The third-order valence-corrected chi connectivity index (χ3v) is 3.63. The summed E-state index contributed by atoms with van der Waals surface area (Å²) in [4.78, 5) is 0. The zero-order chi connectivity index (χ0) is 7.95. The van der Waals surface area contributed by atoms with Gasteiger partial charge in [-0.3, -0.25) is 4.18 Å². The van der Waals surface area contributed by atoms with Gasteiger partial charge in [-0.1, -0.05) is 0 Å². The number of hydrogen-bond donors (Lipinski definition) is 1. The largest absolute Gasteiger partial charge is 0.336 e. The van der Waals surface area contributed by atoms with Crippen molar-refractivity contribution in [3.63, 3.8) is 0 Å². The summed E-state index contributed by atoms with van der Waals surface area (Å²) in [6, 6.07) is 0. The van der Waals surface area contributed by atoms with E-state index in [2.05, 4.69) is 8.91 Å². The summed E-state index contributed by atoms with van der Waals surface area (Å²) in [5.74, 6) is 0. The zero-order valence-corrected chi connectivity index (χ0v) is 6.99. The smallest absolute Gasteiger partial charge is 0.258 e. The summed E-state index contributed by atoms with van der Waals surface area (Å²) in [5.41, 5.74) is -0.128. The molecule has 1 saturated carbocycles. The van der Waals surface area contributed by atoms with Crippen LogP contribution >= 0.6 is 0 Å². The van der Waals surface area contributed by atoms with Crippen molar-refractivity contribution in [1.82, 2.24) is 4.72 Å². The summed E-state index contributed by atoms with van der Waals surface area (Å²) in [6.07, 6.45) is 3.89. The lowest BCUT2D eigenvalue weighted by molar-refractivity contribution is 0.130. The topological polar surface area (TPSA) is 55.4 Å². The Balaban J connectivity index is 2.15. The summed E-state index contributed by atoms with van der Waals surface area (Å²) in [5, 5.41) is 0. The Kier molecular flexibility index (Phi) is 1.49. The maximum Gasteiger partial charge on any atom is 0.336 e. The van der Waals surface area contributed by atoms with Crippen molar-refractivity contribution in [2.45, 2.75) is 31.2 Å². The average molecular weight is 177 g/mol. The predicted molar refractivity (Wildman–Crippen MR) is 39.2 cm³/mol. The van der Waals surface area contributed by atoms with Crippen LogP contribution in [-0.2, 0) is 14.5 Å². The minimum atomic E-state index is -3.40. The van der Waals surface area contributed by atoms with Crippen LogP contribution in [0.2, 0.25) is 0 Å². The molecule has 0 bridgehead atoms. The SMILES string of the molecule is O=S1(=O)NC2(CCC2)CCO1. The van der Waals surface area contributed by atoms with Crippen LogP contribution < -0.4 is 4.72 Å². The van der Waals surface area contributed by atoms with Gasteiger partial charge in [0.1, 0.15) is 0 Å². The molecule has 0 unspecified atom stereocenters. The normalized spacial score (nSPS) is 33.1. The van der Waals surface area contributed by atoms with Gasteiger partial charge in [0.05, 0.1) is 6.61 Å². The van der Waals surface area contributed by atoms with Crippen LogP contribution in [0, 0.1) is 0 Å². The fraction of sp³-hybridized carbons (Fsp3) is 1.00. The van der Waals surface area contributed by atoms with Gasteiger partial charge >= 0.3 is 10.3 Å². The van der Waals surface area contributed by atoms with E-state index in [1.165, 1.54) is 0 Å². The van der Waals surface area contributed by atoms with Gasteiger partial charge in [0, 0.05) is 5.54 Å². The van der Waals surface area contributed by atoms with Crippen LogP contribution in [0.15, 0.2) is 0 Å². The first-order valence-corrected chi connectivity index (χ1v) is 5.21. The van der Waals surface area contributed by atoms with Gasteiger partial charge in [-0.25, -0.2) is 0 Å². The molecule has 4 nitrogen and oxygen atoms in total. The molecule has 1 aliphatic heterocycles. The van der Waals surface area contributed by atoms with E-state index in [-0.39, 0.29) is 5.54 Å². The molecule has 2 rings (SSSR count). The van der Waals surface area contributed by atoms with Gasteiger partial charge in [0.25, 0.3) is 0 Å². The number of hydrogen-bond acceptors (Lipinski definition) is 3. The fourth-order valence-electron chi connectivity index (χ4n) is 1.65. The maximum absolute atomic E-state index is 10.9. The Morgan fingerprint density at radius 2 is 2.00 bits per heavy atom. The van der Waals surface area contributed by atoms with Gasteiger partial charge < -0.3 is 0 Å². The van der Waals surface area contributed by atoms with Crippen molar-refractivity contribution in [2.75, 3.05) is 6.61 Å². The highest BCUT2D eigenvalue weighted by molar-refractivity contribution is 7.84. The standard InChI is InChI=1S/C6H11NO3S/c8-11(9)7-6(2-1-3-6)4-5-10-11/h7H,1-5H2. The van der Waals surface area contributed by atoms with Crippen molar-refractivity contribution in [2.24, 2.45) is 0 Å². The molecular formula is C6H11NO3S. The molecule has 0 amide bonds. The highest BCUT2D eigenvalue weighted by atomic mass is 32.2. The average Bonchev–Trinajstić information content (AvgIpc) is 1.82. The summed E-state index contributed by atoms with van der Waals surface area (Å²) < 4.78 is 29.0. The highest BCUT2D eigenvalue weighted by Crippen LogP contribution is 2.37. The third-order valence-electron chi connectivity index (χ3n) is 2.47. The van der Waals surface area contributed by atoms with Crippen LogP contribution in [0.1, 0.15) is 25.7 Å². The lowest BCUT2D eigenvalue weighted by Gasteiger charge is -2.44. The molecule has 1 heterocycles. The number of rotatable bonds is 0. The van der Waals surface area contributed by atoms with E-state index in [1.54, 1.807) is 0 Å². The van der Waals surface area contributed by atoms with E-state index in [0.29, 0.717) is 6.61 Å². The monoisotopic (exact) mass is 177 g/mol. The zero-order valence-electron chi connectivity index (χ0n) is 6.17. The molecule has 2 aliphatic rings. The van der Waals surface area contributed by atoms with Crippen LogP contribution in [0.5, 0.6) is 0 Å². The molecule has 0 atom stereocenters. The second kappa shape index (κ2) is 2.18. The summed E-state index contributed by atoms with van der Waals surface area (Å²) in [6.45, 7) is 0.343. The van der Waals surface area contributed by atoms with Gasteiger partial charge in [0.15, 0.2) is 0 Å². The second-order valence-corrected chi connectivity index (χ2v) is 4.61. The van der Waals surface area contributed by atoms with E-state index < -0.39 is 10.3 Å². The first-order valence-electron chi connectivity index (χ1n) is 3.80. The van der Waals surface area contributed by atoms with Gasteiger partial charge in [-0.15, -0.1) is 0 Å². The van der Waals surface area contributed by atoms with E-state index >= 15 is 0 Å². The molecule has 2 fully saturated rings. The van der Waals surface area contributed by atoms with E-state index in [0.717, 1.165) is 25.7 Å².